The van der Waals surface area contributed by atoms with Crippen LogP contribution >= 0.6 is 15.9 Å². The number of nitrogens with two attached hydrogens (primary N) is 1. The summed E-state index contributed by atoms with van der Waals surface area (Å²) in [5, 5.41) is 0. The van der Waals surface area contributed by atoms with Gasteiger partial charge in [-0.1, -0.05) is 22.0 Å². The van der Waals surface area contributed by atoms with Crippen LogP contribution in [0.5, 0.6) is 0 Å². The zero-order valence-electron chi connectivity index (χ0n) is 10.3. The Labute approximate surface area is 122 Å². The summed E-state index contributed by atoms with van der Waals surface area (Å²) in [6.07, 6.45) is 0.157. The number of hydrogen-bond acceptors (Lipinski definition) is 2. The van der Waals surface area contributed by atoms with Crippen LogP contribution in [-0.4, -0.2) is 0 Å². The summed E-state index contributed by atoms with van der Waals surface area (Å²) in [5.74, 6) is 3.56. The van der Waals surface area contributed by atoms with Crippen molar-refractivity contribution < 1.29 is 13.2 Å². The molecule has 0 bridgehead atoms. The summed E-state index contributed by atoms with van der Waals surface area (Å²) in [7, 11) is 0. The van der Waals surface area contributed by atoms with Crippen LogP contribution in [0.2, 0.25) is 0 Å². The van der Waals surface area contributed by atoms with Crippen molar-refractivity contribution in [3.8, 4) is 0 Å². The molecule has 0 aliphatic rings. The van der Waals surface area contributed by atoms with Gasteiger partial charge in [0.2, 0.25) is 0 Å². The molecule has 0 fully saturated rings. The van der Waals surface area contributed by atoms with E-state index in [1.807, 2.05) is 0 Å². The number of hydrogen-bond donors (Lipinski definition) is 2. The fraction of sp³-hybridized carbons (Fsp3) is 0.143. The monoisotopic (exact) mass is 344 g/mol. The summed E-state index contributed by atoms with van der Waals surface area (Å²) < 4.78 is 41.3. The van der Waals surface area contributed by atoms with E-state index in [1.54, 1.807) is 6.07 Å². The maximum Gasteiger partial charge on any atom is 0.130 e. The highest BCUT2D eigenvalue weighted by Gasteiger charge is 2.19. The molecule has 2 aromatic rings. The number of benzene rings is 2. The Morgan fingerprint density at radius 2 is 1.75 bits per heavy atom. The zero-order valence-corrected chi connectivity index (χ0v) is 11.9. The number of nitrogens with one attached hydrogen (secondary N) is 1. The molecule has 3 N–H and O–H groups in total. The second-order valence-electron chi connectivity index (χ2n) is 4.34. The lowest BCUT2D eigenvalue weighted by Crippen LogP contribution is -2.31. The van der Waals surface area contributed by atoms with Gasteiger partial charge < -0.3 is 0 Å². The van der Waals surface area contributed by atoms with Gasteiger partial charge in [-0.3, -0.25) is 11.3 Å². The Hall–Kier alpha value is -1.37. The molecular weight excluding hydrogens is 333 g/mol. The van der Waals surface area contributed by atoms with E-state index in [-0.39, 0.29) is 12.0 Å². The third-order valence-corrected chi connectivity index (χ3v) is 3.37. The highest BCUT2D eigenvalue weighted by molar-refractivity contribution is 9.10. The molecule has 0 radical (unpaired) electrons. The average Bonchev–Trinajstić information content (AvgIpc) is 2.36. The number of halogens is 4. The minimum absolute atomic E-state index is 0.157. The lowest BCUT2D eigenvalue weighted by Gasteiger charge is -2.18. The normalized spacial score (nSPS) is 12.4. The third kappa shape index (κ3) is 3.39. The van der Waals surface area contributed by atoms with Crippen LogP contribution in [0.3, 0.4) is 0 Å². The molecule has 1 atom stereocenters. The zero-order chi connectivity index (χ0) is 14.7. The Bertz CT molecular complexity index is 579. The van der Waals surface area contributed by atoms with Crippen molar-refractivity contribution in [1.82, 2.24) is 5.43 Å². The van der Waals surface area contributed by atoms with Gasteiger partial charge in [-0.05, 0) is 42.3 Å². The van der Waals surface area contributed by atoms with E-state index in [4.69, 9.17) is 5.84 Å². The molecule has 0 heterocycles. The summed E-state index contributed by atoms with van der Waals surface area (Å²) >= 11 is 3.17. The van der Waals surface area contributed by atoms with Crippen LogP contribution in [0.15, 0.2) is 40.9 Å². The van der Waals surface area contributed by atoms with Gasteiger partial charge in [0.1, 0.15) is 17.5 Å². The van der Waals surface area contributed by atoms with E-state index in [0.29, 0.717) is 10.0 Å². The van der Waals surface area contributed by atoms with Crippen LogP contribution in [0.1, 0.15) is 17.2 Å². The van der Waals surface area contributed by atoms with Gasteiger partial charge in [-0.15, -0.1) is 0 Å². The molecule has 0 spiro atoms. The van der Waals surface area contributed by atoms with Gasteiger partial charge in [0.25, 0.3) is 0 Å². The van der Waals surface area contributed by atoms with Gasteiger partial charge in [-0.2, -0.15) is 0 Å². The molecule has 0 aliphatic carbocycles. The first kappa shape index (κ1) is 15.0. The third-order valence-electron chi connectivity index (χ3n) is 2.91. The maximum atomic E-state index is 13.7. The highest BCUT2D eigenvalue weighted by atomic mass is 79.9. The number of hydrazine groups is 1. The van der Waals surface area contributed by atoms with E-state index in [1.165, 1.54) is 18.2 Å². The first-order valence-corrected chi connectivity index (χ1v) is 6.65. The highest BCUT2D eigenvalue weighted by Crippen LogP contribution is 2.25. The maximum absolute atomic E-state index is 13.7. The molecule has 2 aromatic carbocycles. The van der Waals surface area contributed by atoms with Crippen LogP contribution in [-0.2, 0) is 6.42 Å². The minimum atomic E-state index is -0.787. The number of rotatable bonds is 4. The average molecular weight is 345 g/mol. The molecule has 1 unspecified atom stereocenters. The van der Waals surface area contributed by atoms with Crippen LogP contribution in [0.4, 0.5) is 13.2 Å². The first-order valence-electron chi connectivity index (χ1n) is 5.86. The van der Waals surface area contributed by atoms with Crippen molar-refractivity contribution in [3.05, 3.63) is 69.4 Å². The molecule has 0 aromatic heterocycles. The molecule has 0 aliphatic heterocycles. The van der Waals surface area contributed by atoms with Crippen molar-refractivity contribution >= 4 is 15.9 Å². The summed E-state index contributed by atoms with van der Waals surface area (Å²) in [6.45, 7) is 0. The van der Waals surface area contributed by atoms with E-state index in [9.17, 15) is 13.2 Å². The van der Waals surface area contributed by atoms with Crippen molar-refractivity contribution in [2.24, 2.45) is 5.84 Å². The van der Waals surface area contributed by atoms with E-state index >= 15 is 0 Å². The Kier molecular flexibility index (Phi) is 4.80. The van der Waals surface area contributed by atoms with Gasteiger partial charge in [0.05, 0.1) is 6.04 Å². The molecular formula is C14H12BrF3N2. The van der Waals surface area contributed by atoms with Crippen LogP contribution < -0.4 is 11.3 Å². The summed E-state index contributed by atoms with van der Waals surface area (Å²) in [5.41, 5.74) is 2.78. The quantitative estimate of drug-likeness (QED) is 0.656. The van der Waals surface area contributed by atoms with Gasteiger partial charge in [0, 0.05) is 10.0 Å². The second kappa shape index (κ2) is 6.39. The van der Waals surface area contributed by atoms with Crippen molar-refractivity contribution in [3.63, 3.8) is 0 Å². The molecule has 6 heteroatoms. The summed E-state index contributed by atoms with van der Waals surface area (Å²) in [6, 6.07) is 7.08. The predicted octanol–water partition coefficient (Wildman–Crippen LogP) is 3.61. The molecule has 0 saturated carbocycles. The molecule has 106 valence electrons. The lowest BCUT2D eigenvalue weighted by molar-refractivity contribution is 0.472. The Balaban J connectivity index is 2.34. The fourth-order valence-corrected chi connectivity index (χ4v) is 2.57. The molecule has 2 nitrogen and oxygen atoms in total. The molecule has 0 amide bonds. The summed E-state index contributed by atoms with van der Waals surface area (Å²) in [4.78, 5) is 0. The van der Waals surface area contributed by atoms with E-state index in [0.717, 1.165) is 12.1 Å². The van der Waals surface area contributed by atoms with E-state index in [2.05, 4.69) is 21.4 Å². The Morgan fingerprint density at radius 3 is 2.30 bits per heavy atom. The predicted molar refractivity (Wildman–Crippen MR) is 74.2 cm³/mol. The SMILES string of the molecule is NNC(Cc1cc(F)cc(Br)c1)c1c(F)cccc1F. The first-order chi connectivity index (χ1) is 9.51. The second-order valence-corrected chi connectivity index (χ2v) is 5.25. The standard InChI is InChI=1S/C14H12BrF3N2/c15-9-4-8(5-10(16)7-9)6-13(20-19)14-11(17)2-1-3-12(14)18/h1-5,7,13,20H,6,19H2. The lowest BCUT2D eigenvalue weighted by atomic mass is 9.98. The van der Waals surface area contributed by atoms with Gasteiger partial charge in [-0.25, -0.2) is 13.2 Å². The molecule has 0 saturated heterocycles. The van der Waals surface area contributed by atoms with Crippen molar-refractivity contribution in [2.45, 2.75) is 12.5 Å². The van der Waals surface area contributed by atoms with Crippen molar-refractivity contribution in [1.29, 1.82) is 0 Å². The molecule has 20 heavy (non-hydrogen) atoms. The minimum Gasteiger partial charge on any atom is -0.271 e. The largest absolute Gasteiger partial charge is 0.271 e. The van der Waals surface area contributed by atoms with Crippen LogP contribution in [0, 0.1) is 17.5 Å². The fourth-order valence-electron chi connectivity index (χ4n) is 2.05. The van der Waals surface area contributed by atoms with E-state index < -0.39 is 23.5 Å². The van der Waals surface area contributed by atoms with Gasteiger partial charge in [0.15, 0.2) is 0 Å². The smallest absolute Gasteiger partial charge is 0.130 e. The molecule has 2 rings (SSSR count). The van der Waals surface area contributed by atoms with Crippen molar-refractivity contribution in [2.75, 3.05) is 0 Å². The van der Waals surface area contributed by atoms with Crippen LogP contribution in [0.25, 0.3) is 0 Å². The van der Waals surface area contributed by atoms with Gasteiger partial charge >= 0.3 is 0 Å². The topological polar surface area (TPSA) is 38.0 Å². The Morgan fingerprint density at radius 1 is 1.10 bits per heavy atom.